The van der Waals surface area contributed by atoms with Gasteiger partial charge in [-0.2, -0.15) is 0 Å². The molecule has 96 valence electrons. The maximum Gasteiger partial charge on any atom is 0.315 e. The summed E-state index contributed by atoms with van der Waals surface area (Å²) >= 11 is 0. The zero-order valence-electron chi connectivity index (χ0n) is 10.9. The maximum atomic E-state index is 11.6. The van der Waals surface area contributed by atoms with Crippen LogP contribution in [0.1, 0.15) is 33.5 Å². The van der Waals surface area contributed by atoms with Crippen LogP contribution in [0.3, 0.4) is 0 Å². The predicted octanol–water partition coefficient (Wildman–Crippen LogP) is 1.14. The Balaban J connectivity index is 2.38. The van der Waals surface area contributed by atoms with Gasteiger partial charge in [-0.3, -0.25) is 0 Å². The van der Waals surface area contributed by atoms with E-state index in [1.807, 2.05) is 18.4 Å². The van der Waals surface area contributed by atoms with Gasteiger partial charge in [0.25, 0.3) is 0 Å². The van der Waals surface area contributed by atoms with Crippen molar-refractivity contribution in [2.24, 2.45) is 5.92 Å². The minimum Gasteiger partial charge on any atom is -0.335 e. The molecule has 0 unspecified atom stereocenters. The van der Waals surface area contributed by atoms with Crippen molar-refractivity contribution in [2.75, 3.05) is 0 Å². The van der Waals surface area contributed by atoms with Crippen molar-refractivity contribution in [2.45, 2.75) is 46.8 Å². The van der Waals surface area contributed by atoms with E-state index >= 15 is 0 Å². The fourth-order valence-corrected chi connectivity index (χ4v) is 1.26. The third-order valence-corrected chi connectivity index (χ3v) is 2.80. The highest BCUT2D eigenvalue weighted by atomic mass is 16.2. The standard InChI is InChI=1S/C11H21N5O/c1-5-16-7-13-15-10(16)6-12-11(17)14-9(4)8(2)3/h7-9H,5-6H2,1-4H3,(H2,12,14,17)/t9-/m0/s1. The van der Waals surface area contributed by atoms with E-state index in [0.717, 1.165) is 12.4 Å². The molecule has 17 heavy (non-hydrogen) atoms. The minimum absolute atomic E-state index is 0.152. The molecule has 0 aliphatic rings. The number of nitrogens with zero attached hydrogens (tertiary/aromatic N) is 3. The molecule has 0 aromatic carbocycles. The number of rotatable bonds is 5. The SMILES string of the molecule is CCn1cnnc1CNC(=O)N[C@@H](C)C(C)C. The smallest absolute Gasteiger partial charge is 0.315 e. The van der Waals surface area contributed by atoms with Crippen LogP contribution in [0.2, 0.25) is 0 Å². The summed E-state index contributed by atoms with van der Waals surface area (Å²) in [6, 6.07) is -0.0177. The van der Waals surface area contributed by atoms with Crippen LogP contribution in [0.4, 0.5) is 4.79 Å². The Hall–Kier alpha value is -1.59. The van der Waals surface area contributed by atoms with Crippen molar-refractivity contribution in [1.82, 2.24) is 25.4 Å². The van der Waals surface area contributed by atoms with Gasteiger partial charge in [0.1, 0.15) is 6.33 Å². The second kappa shape index (κ2) is 6.22. The van der Waals surface area contributed by atoms with Gasteiger partial charge in [-0.15, -0.1) is 10.2 Å². The summed E-state index contributed by atoms with van der Waals surface area (Å²) in [5.41, 5.74) is 0. The molecule has 0 spiro atoms. The van der Waals surface area contributed by atoms with Gasteiger partial charge in [-0.25, -0.2) is 4.79 Å². The highest BCUT2D eigenvalue weighted by molar-refractivity contribution is 5.74. The van der Waals surface area contributed by atoms with Crippen molar-refractivity contribution in [3.8, 4) is 0 Å². The van der Waals surface area contributed by atoms with E-state index < -0.39 is 0 Å². The van der Waals surface area contributed by atoms with E-state index in [1.54, 1.807) is 6.33 Å². The first-order valence-corrected chi connectivity index (χ1v) is 5.95. The Kier molecular flexibility index (Phi) is 4.93. The lowest BCUT2D eigenvalue weighted by atomic mass is 10.1. The average Bonchev–Trinajstić information content (AvgIpc) is 2.73. The number of aromatic nitrogens is 3. The number of hydrogen-bond acceptors (Lipinski definition) is 3. The fourth-order valence-electron chi connectivity index (χ4n) is 1.26. The first-order chi connectivity index (χ1) is 8.04. The lowest BCUT2D eigenvalue weighted by Gasteiger charge is -2.17. The van der Waals surface area contributed by atoms with Crippen molar-refractivity contribution in [3.63, 3.8) is 0 Å². The summed E-state index contributed by atoms with van der Waals surface area (Å²) in [7, 11) is 0. The van der Waals surface area contributed by atoms with Crippen molar-refractivity contribution in [1.29, 1.82) is 0 Å². The molecular weight excluding hydrogens is 218 g/mol. The van der Waals surface area contributed by atoms with E-state index in [9.17, 15) is 4.79 Å². The van der Waals surface area contributed by atoms with Gasteiger partial charge in [-0.05, 0) is 19.8 Å². The normalized spacial score (nSPS) is 12.5. The molecule has 1 aromatic heterocycles. The molecule has 1 atom stereocenters. The van der Waals surface area contributed by atoms with Crippen LogP contribution in [-0.4, -0.2) is 26.8 Å². The van der Waals surface area contributed by atoms with Gasteiger partial charge >= 0.3 is 6.03 Å². The molecule has 6 nitrogen and oxygen atoms in total. The highest BCUT2D eigenvalue weighted by Crippen LogP contribution is 1.99. The lowest BCUT2D eigenvalue weighted by molar-refractivity contribution is 0.233. The second-order valence-corrected chi connectivity index (χ2v) is 4.39. The molecule has 0 aliphatic heterocycles. The van der Waals surface area contributed by atoms with Crippen LogP contribution < -0.4 is 10.6 Å². The molecule has 1 heterocycles. The third kappa shape index (κ3) is 4.05. The lowest BCUT2D eigenvalue weighted by Crippen LogP contribution is -2.42. The third-order valence-electron chi connectivity index (χ3n) is 2.80. The maximum absolute atomic E-state index is 11.6. The topological polar surface area (TPSA) is 71.8 Å². The molecule has 0 radical (unpaired) electrons. The Morgan fingerprint density at radius 2 is 2.18 bits per heavy atom. The Bertz CT molecular complexity index is 360. The van der Waals surface area contributed by atoms with Crippen LogP contribution in [-0.2, 0) is 13.1 Å². The average molecular weight is 239 g/mol. The summed E-state index contributed by atoms with van der Waals surface area (Å²) in [5, 5.41) is 13.4. The van der Waals surface area contributed by atoms with Gasteiger partial charge in [0, 0.05) is 12.6 Å². The number of carbonyl (C=O) groups excluding carboxylic acids is 1. The van der Waals surface area contributed by atoms with Crippen LogP contribution in [0.5, 0.6) is 0 Å². The van der Waals surface area contributed by atoms with Crippen LogP contribution in [0.15, 0.2) is 6.33 Å². The molecule has 0 bridgehead atoms. The zero-order chi connectivity index (χ0) is 12.8. The minimum atomic E-state index is -0.170. The van der Waals surface area contributed by atoms with E-state index in [-0.39, 0.29) is 12.1 Å². The molecule has 0 saturated heterocycles. The van der Waals surface area contributed by atoms with Gasteiger partial charge < -0.3 is 15.2 Å². The highest BCUT2D eigenvalue weighted by Gasteiger charge is 2.11. The largest absolute Gasteiger partial charge is 0.335 e. The molecule has 0 fully saturated rings. The Morgan fingerprint density at radius 3 is 2.76 bits per heavy atom. The van der Waals surface area contributed by atoms with Crippen LogP contribution in [0, 0.1) is 5.92 Å². The van der Waals surface area contributed by atoms with Crippen molar-refractivity contribution in [3.05, 3.63) is 12.2 Å². The summed E-state index contributed by atoms with van der Waals surface area (Å²) in [5.74, 6) is 1.18. The summed E-state index contributed by atoms with van der Waals surface area (Å²) in [6.07, 6.45) is 1.66. The molecule has 1 aromatic rings. The molecule has 2 N–H and O–H groups in total. The summed E-state index contributed by atoms with van der Waals surface area (Å²) in [4.78, 5) is 11.6. The Labute approximate surface area is 102 Å². The van der Waals surface area contributed by atoms with Crippen LogP contribution in [0.25, 0.3) is 0 Å². The van der Waals surface area contributed by atoms with Gasteiger partial charge in [0.15, 0.2) is 5.82 Å². The fraction of sp³-hybridized carbons (Fsp3) is 0.727. The summed E-state index contributed by atoms with van der Waals surface area (Å²) < 4.78 is 1.89. The number of urea groups is 1. The van der Waals surface area contributed by atoms with Gasteiger partial charge in [0.05, 0.1) is 6.54 Å². The van der Waals surface area contributed by atoms with Crippen molar-refractivity contribution < 1.29 is 4.79 Å². The number of amides is 2. The quantitative estimate of drug-likeness (QED) is 0.809. The molecule has 0 aliphatic carbocycles. The predicted molar refractivity (Wildman–Crippen MR) is 65.4 cm³/mol. The molecule has 6 heteroatoms. The van der Waals surface area contributed by atoms with E-state index in [4.69, 9.17) is 0 Å². The van der Waals surface area contributed by atoms with Gasteiger partial charge in [-0.1, -0.05) is 13.8 Å². The number of hydrogen-bond donors (Lipinski definition) is 2. The Morgan fingerprint density at radius 1 is 1.47 bits per heavy atom. The number of aryl methyl sites for hydroxylation is 1. The van der Waals surface area contributed by atoms with E-state index in [1.165, 1.54) is 0 Å². The first kappa shape index (κ1) is 13.5. The number of carbonyl (C=O) groups is 1. The van der Waals surface area contributed by atoms with Crippen LogP contribution >= 0.6 is 0 Å². The zero-order valence-corrected chi connectivity index (χ0v) is 10.9. The van der Waals surface area contributed by atoms with Gasteiger partial charge in [0.2, 0.25) is 0 Å². The molecular formula is C11H21N5O. The second-order valence-electron chi connectivity index (χ2n) is 4.39. The first-order valence-electron chi connectivity index (χ1n) is 5.95. The molecule has 2 amide bonds. The van der Waals surface area contributed by atoms with Crippen molar-refractivity contribution >= 4 is 6.03 Å². The number of nitrogens with one attached hydrogen (secondary N) is 2. The monoisotopic (exact) mass is 239 g/mol. The molecule has 1 rings (SSSR count). The molecule has 0 saturated carbocycles. The van der Waals surface area contributed by atoms with E-state index in [0.29, 0.717) is 12.5 Å². The van der Waals surface area contributed by atoms with E-state index in [2.05, 4.69) is 34.7 Å². The summed E-state index contributed by atoms with van der Waals surface area (Å²) in [6.45, 7) is 9.32.